The van der Waals surface area contributed by atoms with Crippen molar-refractivity contribution in [2.45, 2.75) is 18.7 Å². The Labute approximate surface area is 84.1 Å². The van der Waals surface area contributed by atoms with Crippen molar-refractivity contribution in [3.05, 3.63) is 21.6 Å². The average Bonchev–Trinajstić information content (AvgIpc) is 2.42. The van der Waals surface area contributed by atoms with E-state index in [-0.39, 0.29) is 5.82 Å². The number of imidazole rings is 1. The van der Waals surface area contributed by atoms with Crippen LogP contribution in [0.4, 0.5) is 5.82 Å². The Hall–Kier alpha value is -0.910. The number of nitro groups is 1. The zero-order valence-corrected chi connectivity index (χ0v) is 9.04. The van der Waals surface area contributed by atoms with Crippen molar-refractivity contribution in [2.75, 3.05) is 0 Å². The predicted molar refractivity (Wildman–Crippen MR) is 51.9 cm³/mol. The quantitative estimate of drug-likeness (QED) is 0.465. The van der Waals surface area contributed by atoms with E-state index in [2.05, 4.69) is 20.9 Å². The maximum atomic E-state index is 10.6. The largest absolute Gasteiger partial charge is 0.385 e. The second-order valence-electron chi connectivity index (χ2n) is 2.60. The smallest absolute Gasteiger partial charge is 0.358 e. The number of alkyl halides is 1. The first-order valence-electron chi connectivity index (χ1n) is 3.86. The fourth-order valence-corrected chi connectivity index (χ4v) is 1.81. The predicted octanol–water partition coefficient (Wildman–Crippen LogP) is 1.79. The summed E-state index contributed by atoms with van der Waals surface area (Å²) in [6.07, 6.45) is 0.699. The molecule has 0 radical (unpaired) electrons. The van der Waals surface area contributed by atoms with Gasteiger partial charge in [0.2, 0.25) is 5.82 Å². The minimum absolute atomic E-state index is 0.0452. The Bertz CT molecular complexity index is 335. The Kier molecular flexibility index (Phi) is 3.02. The van der Waals surface area contributed by atoms with E-state index >= 15 is 0 Å². The molecule has 0 atom stereocenters. The first-order valence-corrected chi connectivity index (χ1v) is 4.98. The van der Waals surface area contributed by atoms with Crippen molar-refractivity contribution in [1.29, 1.82) is 0 Å². The molecule has 0 saturated carbocycles. The molecule has 0 aliphatic carbocycles. The minimum Gasteiger partial charge on any atom is -0.358 e. The van der Waals surface area contributed by atoms with Crippen LogP contribution in [0.15, 0.2) is 0 Å². The van der Waals surface area contributed by atoms with Crippen molar-refractivity contribution in [2.24, 2.45) is 7.05 Å². The zero-order valence-electron chi connectivity index (χ0n) is 7.45. The summed E-state index contributed by atoms with van der Waals surface area (Å²) in [5, 5.41) is 11.0. The van der Waals surface area contributed by atoms with Crippen LogP contribution in [0.1, 0.15) is 18.4 Å². The lowest BCUT2D eigenvalue weighted by molar-refractivity contribution is -0.390. The SMILES string of the molecule is CCc1nc([N+](=O)[O-])c(CBr)n1C. The summed E-state index contributed by atoms with van der Waals surface area (Å²) in [5.74, 6) is 0.692. The van der Waals surface area contributed by atoms with Gasteiger partial charge < -0.3 is 14.7 Å². The fourth-order valence-electron chi connectivity index (χ4n) is 1.18. The second kappa shape index (κ2) is 3.87. The van der Waals surface area contributed by atoms with E-state index in [0.29, 0.717) is 17.4 Å². The van der Waals surface area contributed by atoms with Gasteiger partial charge in [0.05, 0.1) is 5.33 Å². The van der Waals surface area contributed by atoms with E-state index < -0.39 is 4.92 Å². The summed E-state index contributed by atoms with van der Waals surface area (Å²) < 4.78 is 1.76. The van der Waals surface area contributed by atoms with Crippen molar-refractivity contribution in [3.63, 3.8) is 0 Å². The normalized spacial score (nSPS) is 10.4. The Balaban J connectivity index is 3.27. The van der Waals surface area contributed by atoms with Crippen LogP contribution in [-0.4, -0.2) is 14.5 Å². The van der Waals surface area contributed by atoms with Crippen LogP contribution in [0.5, 0.6) is 0 Å². The standard InChI is InChI=1S/C7H10BrN3O2/c1-3-6-9-7(11(12)13)5(4-8)10(6)2/h3-4H2,1-2H3. The number of aryl methyl sites for hydroxylation is 1. The summed E-state index contributed by atoms with van der Waals surface area (Å²) in [4.78, 5) is 14.1. The third-order valence-corrected chi connectivity index (χ3v) is 2.43. The van der Waals surface area contributed by atoms with E-state index in [4.69, 9.17) is 0 Å². The molecule has 5 nitrogen and oxygen atoms in total. The van der Waals surface area contributed by atoms with E-state index in [0.717, 1.165) is 5.82 Å². The number of aromatic nitrogens is 2. The molecular weight excluding hydrogens is 238 g/mol. The molecular formula is C7H10BrN3O2. The van der Waals surface area contributed by atoms with Gasteiger partial charge in [-0.05, 0) is 9.91 Å². The molecule has 0 amide bonds. The van der Waals surface area contributed by atoms with Crippen LogP contribution >= 0.6 is 15.9 Å². The molecule has 0 N–H and O–H groups in total. The fraction of sp³-hybridized carbons (Fsp3) is 0.571. The van der Waals surface area contributed by atoms with Gasteiger partial charge in [-0.1, -0.05) is 22.9 Å². The average molecular weight is 248 g/mol. The maximum Gasteiger partial charge on any atom is 0.385 e. The first kappa shape index (κ1) is 10.2. The Morgan fingerprint density at radius 3 is 2.62 bits per heavy atom. The summed E-state index contributed by atoms with van der Waals surface area (Å²) in [5.41, 5.74) is 0.613. The molecule has 0 fully saturated rings. The Morgan fingerprint density at radius 1 is 1.69 bits per heavy atom. The summed E-state index contributed by atoms with van der Waals surface area (Å²) in [7, 11) is 1.79. The van der Waals surface area contributed by atoms with Gasteiger partial charge >= 0.3 is 5.82 Å². The van der Waals surface area contributed by atoms with Crippen molar-refractivity contribution < 1.29 is 4.92 Å². The highest BCUT2D eigenvalue weighted by Crippen LogP contribution is 2.20. The molecule has 0 aromatic carbocycles. The van der Waals surface area contributed by atoms with Crippen LogP contribution in [0.25, 0.3) is 0 Å². The van der Waals surface area contributed by atoms with Crippen LogP contribution < -0.4 is 0 Å². The highest BCUT2D eigenvalue weighted by atomic mass is 79.9. The van der Waals surface area contributed by atoms with Gasteiger partial charge in [0.15, 0.2) is 0 Å². The zero-order chi connectivity index (χ0) is 10.0. The molecule has 1 aromatic rings. The molecule has 0 bridgehead atoms. The number of halogens is 1. The lowest BCUT2D eigenvalue weighted by atomic mass is 10.4. The van der Waals surface area contributed by atoms with E-state index in [9.17, 15) is 10.1 Å². The van der Waals surface area contributed by atoms with Crippen LogP contribution in [-0.2, 0) is 18.8 Å². The van der Waals surface area contributed by atoms with Crippen LogP contribution in [0.3, 0.4) is 0 Å². The molecule has 0 aliphatic rings. The van der Waals surface area contributed by atoms with Crippen LogP contribution in [0, 0.1) is 10.1 Å². The number of rotatable bonds is 3. The van der Waals surface area contributed by atoms with Gasteiger partial charge in [0.1, 0.15) is 5.69 Å². The van der Waals surface area contributed by atoms with Gasteiger partial charge in [0, 0.05) is 13.5 Å². The maximum absolute atomic E-state index is 10.6. The van der Waals surface area contributed by atoms with Gasteiger partial charge in [0.25, 0.3) is 0 Å². The molecule has 1 heterocycles. The number of hydrogen-bond acceptors (Lipinski definition) is 3. The van der Waals surface area contributed by atoms with Crippen molar-refractivity contribution in [3.8, 4) is 0 Å². The van der Waals surface area contributed by atoms with E-state index in [1.54, 1.807) is 11.6 Å². The topological polar surface area (TPSA) is 61.0 Å². The third-order valence-electron chi connectivity index (χ3n) is 1.90. The lowest BCUT2D eigenvalue weighted by Crippen LogP contribution is -1.99. The number of nitrogens with zero attached hydrogens (tertiary/aromatic N) is 3. The molecule has 72 valence electrons. The van der Waals surface area contributed by atoms with Gasteiger partial charge in [-0.2, -0.15) is 0 Å². The minimum atomic E-state index is -0.449. The monoisotopic (exact) mass is 247 g/mol. The highest BCUT2D eigenvalue weighted by molar-refractivity contribution is 9.08. The molecule has 0 unspecified atom stereocenters. The molecule has 0 aliphatic heterocycles. The van der Waals surface area contributed by atoms with Crippen molar-refractivity contribution >= 4 is 21.7 Å². The van der Waals surface area contributed by atoms with E-state index in [1.165, 1.54) is 0 Å². The van der Waals surface area contributed by atoms with Gasteiger partial charge in [-0.15, -0.1) is 0 Å². The summed E-state index contributed by atoms with van der Waals surface area (Å²) >= 11 is 3.20. The number of hydrogen-bond donors (Lipinski definition) is 0. The first-order chi connectivity index (χ1) is 6.11. The highest BCUT2D eigenvalue weighted by Gasteiger charge is 2.23. The molecule has 0 spiro atoms. The molecule has 1 rings (SSSR count). The van der Waals surface area contributed by atoms with Crippen molar-refractivity contribution in [1.82, 2.24) is 9.55 Å². The molecule has 6 heteroatoms. The van der Waals surface area contributed by atoms with Gasteiger partial charge in [-0.3, -0.25) is 0 Å². The second-order valence-corrected chi connectivity index (χ2v) is 3.16. The lowest BCUT2D eigenvalue weighted by Gasteiger charge is -1.97. The van der Waals surface area contributed by atoms with Crippen LogP contribution in [0.2, 0.25) is 0 Å². The van der Waals surface area contributed by atoms with E-state index in [1.807, 2.05) is 6.92 Å². The summed E-state index contributed by atoms with van der Waals surface area (Å²) in [6.45, 7) is 1.92. The summed E-state index contributed by atoms with van der Waals surface area (Å²) in [6, 6.07) is 0. The molecule has 13 heavy (non-hydrogen) atoms. The van der Waals surface area contributed by atoms with Gasteiger partial charge in [-0.25, -0.2) is 0 Å². The molecule has 0 saturated heterocycles. The molecule has 1 aromatic heterocycles. The third kappa shape index (κ3) is 1.72. The Morgan fingerprint density at radius 2 is 2.31 bits per heavy atom.